The third kappa shape index (κ3) is 3.02. The lowest BCUT2D eigenvalue weighted by Crippen LogP contribution is -2.28. The summed E-state index contributed by atoms with van der Waals surface area (Å²) in [5, 5.41) is 25.8. The summed E-state index contributed by atoms with van der Waals surface area (Å²) in [6.07, 6.45) is 4.87. The van der Waals surface area contributed by atoms with Crippen LogP contribution in [-0.4, -0.2) is 38.2 Å². The van der Waals surface area contributed by atoms with E-state index < -0.39 is 5.41 Å². The van der Waals surface area contributed by atoms with Crippen molar-refractivity contribution in [2.45, 2.75) is 19.3 Å². The highest BCUT2D eigenvalue weighted by Gasteiger charge is 2.35. The number of hydrogen-bond donors (Lipinski definition) is 3. The van der Waals surface area contributed by atoms with Crippen LogP contribution in [0.25, 0.3) is 11.3 Å². The molecule has 1 aliphatic heterocycles. The normalized spacial score (nSPS) is 17.5. The number of hydrogen-bond acceptors (Lipinski definition) is 8. The van der Waals surface area contributed by atoms with Crippen LogP contribution in [0.4, 0.5) is 17.5 Å². The molecule has 28 heavy (non-hydrogen) atoms. The molecule has 3 N–H and O–H groups in total. The van der Waals surface area contributed by atoms with E-state index in [1.54, 1.807) is 30.7 Å². The van der Waals surface area contributed by atoms with E-state index in [1.165, 1.54) is 0 Å². The highest BCUT2D eigenvalue weighted by molar-refractivity contribution is 5.76. The van der Waals surface area contributed by atoms with E-state index in [1.807, 2.05) is 19.9 Å². The molecule has 1 aliphatic rings. The van der Waals surface area contributed by atoms with Gasteiger partial charge in [-0.2, -0.15) is 5.26 Å². The van der Waals surface area contributed by atoms with Crippen molar-refractivity contribution >= 4 is 17.5 Å². The van der Waals surface area contributed by atoms with Gasteiger partial charge in [-0.15, -0.1) is 0 Å². The molecule has 0 spiro atoms. The topological polar surface area (TPSA) is 120 Å². The van der Waals surface area contributed by atoms with Crippen molar-refractivity contribution in [2.24, 2.45) is 0 Å². The Labute approximate surface area is 162 Å². The van der Waals surface area contributed by atoms with Gasteiger partial charge in [0.1, 0.15) is 6.07 Å². The average Bonchev–Trinajstić information content (AvgIpc) is 3.07. The molecule has 4 rings (SSSR count). The van der Waals surface area contributed by atoms with Crippen molar-refractivity contribution in [2.75, 3.05) is 23.8 Å². The van der Waals surface area contributed by atoms with Crippen LogP contribution in [0.2, 0.25) is 0 Å². The maximum absolute atomic E-state index is 9.86. The minimum atomic E-state index is -0.443. The maximum atomic E-state index is 9.86. The van der Waals surface area contributed by atoms with Crippen molar-refractivity contribution in [3.8, 4) is 17.3 Å². The van der Waals surface area contributed by atoms with E-state index >= 15 is 0 Å². The van der Waals surface area contributed by atoms with Crippen molar-refractivity contribution in [1.82, 2.24) is 19.9 Å². The monoisotopic (exact) mass is 373 g/mol. The van der Waals surface area contributed by atoms with E-state index in [0.717, 1.165) is 22.5 Å². The van der Waals surface area contributed by atoms with E-state index in [-0.39, 0.29) is 6.61 Å². The van der Waals surface area contributed by atoms with Crippen LogP contribution in [0.5, 0.6) is 0 Å². The minimum absolute atomic E-state index is 0.0101. The number of nitrogens with one attached hydrogen (secondary N) is 2. The Kier molecular flexibility index (Phi) is 4.37. The van der Waals surface area contributed by atoms with Crippen molar-refractivity contribution < 1.29 is 5.11 Å². The van der Waals surface area contributed by atoms with Gasteiger partial charge in [-0.05, 0) is 30.7 Å². The van der Waals surface area contributed by atoms with E-state index in [2.05, 4.69) is 36.6 Å². The van der Waals surface area contributed by atoms with Crippen LogP contribution in [0.3, 0.4) is 0 Å². The number of aliphatic hydroxyl groups is 1. The summed E-state index contributed by atoms with van der Waals surface area (Å²) in [4.78, 5) is 17.3. The predicted molar refractivity (Wildman–Crippen MR) is 105 cm³/mol. The molecule has 0 bridgehead atoms. The fourth-order valence-electron chi connectivity index (χ4n) is 3.28. The Morgan fingerprint density at radius 1 is 1.25 bits per heavy atom. The van der Waals surface area contributed by atoms with Crippen molar-refractivity contribution in [3.05, 3.63) is 53.6 Å². The highest BCUT2D eigenvalue weighted by atomic mass is 16.3. The third-order valence-electron chi connectivity index (χ3n) is 4.98. The molecule has 2 aromatic heterocycles. The first kappa shape index (κ1) is 17.8. The van der Waals surface area contributed by atoms with Crippen molar-refractivity contribution in [1.29, 1.82) is 5.26 Å². The van der Waals surface area contributed by atoms with Gasteiger partial charge in [0, 0.05) is 36.1 Å². The van der Waals surface area contributed by atoms with E-state index in [4.69, 9.17) is 0 Å². The molecule has 3 heterocycles. The molecule has 0 saturated carbocycles. The van der Waals surface area contributed by atoms with Crippen molar-refractivity contribution in [3.63, 3.8) is 0 Å². The van der Waals surface area contributed by atoms with Crippen LogP contribution in [0, 0.1) is 18.3 Å². The molecule has 1 aromatic carbocycles. The zero-order valence-corrected chi connectivity index (χ0v) is 15.6. The van der Waals surface area contributed by atoms with Gasteiger partial charge in [0.25, 0.3) is 0 Å². The highest BCUT2D eigenvalue weighted by Crippen LogP contribution is 2.41. The Morgan fingerprint density at radius 2 is 2.07 bits per heavy atom. The summed E-state index contributed by atoms with van der Waals surface area (Å²) >= 11 is 0. The number of aromatic nitrogens is 4. The summed E-state index contributed by atoms with van der Waals surface area (Å²) in [7, 11) is 0. The first-order valence-corrected chi connectivity index (χ1v) is 8.85. The van der Waals surface area contributed by atoms with Crippen LogP contribution in [0.1, 0.15) is 23.7 Å². The largest absolute Gasteiger partial charge is 0.395 e. The number of aliphatic hydroxyl groups excluding tert-OH is 1. The SMILES string of the molecule is Cc1nccnc1Nc1nccc(-c2cc(C#N)c3c(c2)[C@@](C)(CO)CN3)n1. The zero-order valence-electron chi connectivity index (χ0n) is 15.6. The quantitative estimate of drug-likeness (QED) is 0.638. The van der Waals surface area contributed by atoms with Gasteiger partial charge in [0.2, 0.25) is 5.95 Å². The van der Waals surface area contributed by atoms with Crippen LogP contribution in [0.15, 0.2) is 36.8 Å². The van der Waals surface area contributed by atoms with E-state index in [9.17, 15) is 10.4 Å². The number of rotatable bonds is 4. The number of fused-ring (bicyclic) bond motifs is 1. The molecule has 8 nitrogen and oxygen atoms in total. The summed E-state index contributed by atoms with van der Waals surface area (Å²) < 4.78 is 0. The molecule has 140 valence electrons. The second-order valence-electron chi connectivity index (χ2n) is 7.01. The predicted octanol–water partition coefficient (Wildman–Crippen LogP) is 2.53. The number of anilines is 3. The van der Waals surface area contributed by atoms with Gasteiger partial charge in [-0.1, -0.05) is 6.92 Å². The standard InChI is InChI=1S/C20H19N7O/c1-12-18(23-6-5-22-12)27-19-24-4-3-16(26-19)13-7-14(9-21)17-15(8-13)20(2,11-28)10-25-17/h3-8,25,28H,10-11H2,1-2H3,(H,23,24,26,27)/t20-/m1/s1. The fraction of sp³-hybridized carbons (Fsp3) is 0.250. The Hall–Kier alpha value is -3.57. The average molecular weight is 373 g/mol. The smallest absolute Gasteiger partial charge is 0.228 e. The molecule has 0 saturated heterocycles. The summed E-state index contributed by atoms with van der Waals surface area (Å²) in [6, 6.07) is 7.81. The molecule has 0 radical (unpaired) electrons. The second-order valence-corrected chi connectivity index (χ2v) is 7.01. The minimum Gasteiger partial charge on any atom is -0.395 e. The van der Waals surface area contributed by atoms with Crippen LogP contribution < -0.4 is 10.6 Å². The van der Waals surface area contributed by atoms with Gasteiger partial charge in [0.15, 0.2) is 5.82 Å². The zero-order chi connectivity index (χ0) is 19.7. The fourth-order valence-corrected chi connectivity index (χ4v) is 3.28. The van der Waals surface area contributed by atoms with Gasteiger partial charge in [0.05, 0.1) is 29.2 Å². The van der Waals surface area contributed by atoms with Crippen LogP contribution >= 0.6 is 0 Å². The first-order valence-electron chi connectivity index (χ1n) is 8.85. The molecular formula is C20H19N7O. The number of nitrogens with zero attached hydrogens (tertiary/aromatic N) is 5. The number of nitriles is 1. The summed E-state index contributed by atoms with van der Waals surface area (Å²) in [5.74, 6) is 0.978. The molecule has 0 amide bonds. The summed E-state index contributed by atoms with van der Waals surface area (Å²) in [6.45, 7) is 4.39. The van der Waals surface area contributed by atoms with Gasteiger partial charge in [-0.25, -0.2) is 15.0 Å². The van der Waals surface area contributed by atoms with Crippen LogP contribution in [-0.2, 0) is 5.41 Å². The van der Waals surface area contributed by atoms with E-state index in [0.29, 0.717) is 29.6 Å². The summed E-state index contributed by atoms with van der Waals surface area (Å²) in [5.41, 5.74) is 3.99. The number of aryl methyl sites for hydroxylation is 1. The van der Waals surface area contributed by atoms with Gasteiger partial charge < -0.3 is 15.7 Å². The lowest BCUT2D eigenvalue weighted by atomic mass is 9.83. The molecule has 0 unspecified atom stereocenters. The first-order chi connectivity index (χ1) is 13.5. The lowest BCUT2D eigenvalue weighted by Gasteiger charge is -2.21. The maximum Gasteiger partial charge on any atom is 0.228 e. The Balaban J connectivity index is 1.75. The Morgan fingerprint density at radius 3 is 2.82 bits per heavy atom. The molecular weight excluding hydrogens is 354 g/mol. The molecule has 8 heteroatoms. The Bertz CT molecular complexity index is 1090. The molecule has 1 atom stereocenters. The lowest BCUT2D eigenvalue weighted by molar-refractivity contribution is 0.219. The molecule has 0 aliphatic carbocycles. The van der Waals surface area contributed by atoms with Gasteiger partial charge >= 0.3 is 0 Å². The van der Waals surface area contributed by atoms with Gasteiger partial charge in [-0.3, -0.25) is 4.98 Å². The molecule has 3 aromatic rings. The second kappa shape index (κ2) is 6.87. The molecule has 0 fully saturated rings. The third-order valence-corrected chi connectivity index (χ3v) is 4.98. The number of benzene rings is 1.